The quantitative estimate of drug-likeness (QED) is 0.610. The zero-order chi connectivity index (χ0) is 18.3. The van der Waals surface area contributed by atoms with Gasteiger partial charge in [0, 0.05) is 12.1 Å². The predicted octanol–water partition coefficient (Wildman–Crippen LogP) is 3.13. The molecule has 7 nitrogen and oxygen atoms in total. The van der Waals surface area contributed by atoms with Crippen LogP contribution in [0.2, 0.25) is 0 Å². The Labute approximate surface area is 141 Å². The van der Waals surface area contributed by atoms with Gasteiger partial charge in [-0.15, -0.1) is 0 Å². The minimum atomic E-state index is -1.17. The Morgan fingerprint density at radius 3 is 2.21 bits per heavy atom. The van der Waals surface area contributed by atoms with E-state index in [1.54, 1.807) is 32.9 Å². The first-order valence-electron chi connectivity index (χ1n) is 7.88. The molecule has 1 atom stereocenters. The van der Waals surface area contributed by atoms with Crippen LogP contribution in [0, 0.1) is 0 Å². The van der Waals surface area contributed by atoms with Crippen molar-refractivity contribution in [2.45, 2.75) is 51.6 Å². The molecular weight excluding hydrogens is 312 g/mol. The summed E-state index contributed by atoms with van der Waals surface area (Å²) in [5, 5.41) is 29.9. The lowest BCUT2D eigenvalue weighted by atomic mass is 9.98. The summed E-state index contributed by atoms with van der Waals surface area (Å²) in [7, 11) is 0. The molecule has 0 spiro atoms. The second-order valence-corrected chi connectivity index (χ2v) is 6.72. The number of carboxylic acid groups (broad SMARTS) is 2. The third kappa shape index (κ3) is 6.36. The van der Waals surface area contributed by atoms with E-state index in [1.807, 2.05) is 12.1 Å². The van der Waals surface area contributed by atoms with E-state index in [4.69, 9.17) is 5.11 Å². The van der Waals surface area contributed by atoms with Gasteiger partial charge in [0.05, 0.1) is 6.04 Å². The highest BCUT2D eigenvalue weighted by atomic mass is 16.4. The first-order valence-corrected chi connectivity index (χ1v) is 7.88. The van der Waals surface area contributed by atoms with Gasteiger partial charge in [-0.3, -0.25) is 4.90 Å². The van der Waals surface area contributed by atoms with Gasteiger partial charge in [0.25, 0.3) is 0 Å². The molecule has 1 aromatic carbocycles. The molecule has 0 heterocycles. The number of amides is 2. The molecular formula is C17H26N2O5. The summed E-state index contributed by atoms with van der Waals surface area (Å²) >= 11 is 0. The van der Waals surface area contributed by atoms with Gasteiger partial charge >= 0.3 is 12.2 Å². The molecule has 0 bridgehead atoms. The fourth-order valence-electron chi connectivity index (χ4n) is 2.72. The summed E-state index contributed by atoms with van der Waals surface area (Å²) in [4.78, 5) is 23.7. The fourth-order valence-corrected chi connectivity index (χ4v) is 2.72. The van der Waals surface area contributed by atoms with E-state index in [0.29, 0.717) is 12.8 Å². The molecule has 24 heavy (non-hydrogen) atoms. The van der Waals surface area contributed by atoms with Crippen molar-refractivity contribution in [1.82, 2.24) is 10.2 Å². The van der Waals surface area contributed by atoms with Gasteiger partial charge in [-0.25, -0.2) is 9.59 Å². The van der Waals surface area contributed by atoms with E-state index in [-0.39, 0.29) is 12.3 Å². The molecule has 0 aliphatic rings. The second kappa shape index (κ2) is 8.42. The lowest BCUT2D eigenvalue weighted by molar-refractivity contribution is 0.0657. The summed E-state index contributed by atoms with van der Waals surface area (Å²) in [6.45, 7) is 5.41. The highest BCUT2D eigenvalue weighted by Gasteiger charge is 2.33. The fraction of sp³-hybridized carbons (Fsp3) is 0.529. The minimum Gasteiger partial charge on any atom is -0.508 e. The number of hydrogen-bond donors (Lipinski definition) is 4. The Kier molecular flexibility index (Phi) is 6.88. The van der Waals surface area contributed by atoms with Gasteiger partial charge in [-0.05, 0) is 57.7 Å². The van der Waals surface area contributed by atoms with Crippen LogP contribution in [0.15, 0.2) is 24.3 Å². The number of rotatable bonds is 7. The van der Waals surface area contributed by atoms with Crippen LogP contribution < -0.4 is 5.32 Å². The van der Waals surface area contributed by atoms with Gasteiger partial charge in [-0.1, -0.05) is 12.1 Å². The van der Waals surface area contributed by atoms with E-state index in [9.17, 15) is 19.8 Å². The van der Waals surface area contributed by atoms with E-state index in [0.717, 1.165) is 12.0 Å². The van der Waals surface area contributed by atoms with Crippen molar-refractivity contribution in [3.05, 3.63) is 29.8 Å². The molecule has 0 aliphatic heterocycles. The molecule has 0 aliphatic carbocycles. The third-order valence-electron chi connectivity index (χ3n) is 3.72. The average molecular weight is 338 g/mol. The predicted molar refractivity (Wildman–Crippen MR) is 90.5 cm³/mol. The Balaban J connectivity index is 2.75. The standard InChI is InChI=1S/C17H26N2O5/c1-17(2,3)19(16(23)24)13(11-18-15(21)22)6-4-5-12-7-9-14(20)10-8-12/h7-10,13,18,20H,4-6,11H2,1-3H3,(H,21,22)(H,23,24)/t13-/m1/s1. The first-order chi connectivity index (χ1) is 11.1. The monoisotopic (exact) mass is 338 g/mol. The molecule has 4 N–H and O–H groups in total. The van der Waals surface area contributed by atoms with E-state index < -0.39 is 23.8 Å². The minimum absolute atomic E-state index is 0.0501. The number of phenols is 1. The second-order valence-electron chi connectivity index (χ2n) is 6.72. The normalized spacial score (nSPS) is 12.5. The maximum Gasteiger partial charge on any atom is 0.408 e. The van der Waals surface area contributed by atoms with Crippen LogP contribution in [0.3, 0.4) is 0 Å². The van der Waals surface area contributed by atoms with Crippen molar-refractivity contribution in [3.8, 4) is 5.75 Å². The SMILES string of the molecule is CC(C)(C)N(C(=O)O)[C@H](CCCc1ccc(O)cc1)CNC(=O)O. The van der Waals surface area contributed by atoms with Crippen LogP contribution in [0.4, 0.5) is 9.59 Å². The lowest BCUT2D eigenvalue weighted by Gasteiger charge is -2.39. The van der Waals surface area contributed by atoms with E-state index in [1.165, 1.54) is 4.90 Å². The smallest absolute Gasteiger partial charge is 0.408 e. The van der Waals surface area contributed by atoms with Gasteiger partial charge in [-0.2, -0.15) is 0 Å². The van der Waals surface area contributed by atoms with Crippen LogP contribution >= 0.6 is 0 Å². The number of carbonyl (C=O) groups is 2. The number of aromatic hydroxyl groups is 1. The van der Waals surface area contributed by atoms with Gasteiger partial charge < -0.3 is 20.6 Å². The lowest BCUT2D eigenvalue weighted by Crippen LogP contribution is -2.54. The molecule has 0 saturated carbocycles. The number of benzene rings is 1. The van der Waals surface area contributed by atoms with Gasteiger partial charge in [0.1, 0.15) is 5.75 Å². The number of nitrogens with zero attached hydrogens (tertiary/aromatic N) is 1. The summed E-state index contributed by atoms with van der Waals surface area (Å²) in [6.07, 6.45) is -0.273. The Hall–Kier alpha value is -2.44. The maximum absolute atomic E-state index is 11.6. The van der Waals surface area contributed by atoms with E-state index in [2.05, 4.69) is 5.32 Å². The van der Waals surface area contributed by atoms with Crippen molar-refractivity contribution >= 4 is 12.2 Å². The molecule has 1 aromatic rings. The van der Waals surface area contributed by atoms with Crippen LogP contribution in [0.5, 0.6) is 5.75 Å². The molecule has 0 radical (unpaired) electrons. The molecule has 134 valence electrons. The zero-order valence-corrected chi connectivity index (χ0v) is 14.3. The number of aryl methyl sites for hydroxylation is 1. The Bertz CT molecular complexity index is 551. The summed E-state index contributed by atoms with van der Waals surface area (Å²) in [6, 6.07) is 6.40. The van der Waals surface area contributed by atoms with Gasteiger partial charge in [0.15, 0.2) is 0 Å². The molecule has 0 saturated heterocycles. The summed E-state index contributed by atoms with van der Waals surface area (Å²) in [5.74, 6) is 0.201. The molecule has 1 rings (SSSR count). The van der Waals surface area contributed by atoms with Crippen LogP contribution in [-0.4, -0.2) is 50.5 Å². The first kappa shape index (κ1) is 19.6. The summed E-state index contributed by atoms with van der Waals surface area (Å²) in [5.41, 5.74) is 0.408. The largest absolute Gasteiger partial charge is 0.508 e. The molecule has 0 unspecified atom stereocenters. The van der Waals surface area contributed by atoms with E-state index >= 15 is 0 Å². The molecule has 7 heteroatoms. The highest BCUT2D eigenvalue weighted by Crippen LogP contribution is 2.21. The van der Waals surface area contributed by atoms with Crippen LogP contribution in [0.25, 0.3) is 0 Å². The average Bonchev–Trinajstić information content (AvgIpc) is 2.44. The molecule has 0 aromatic heterocycles. The molecule has 2 amide bonds. The number of phenolic OH excluding ortho intramolecular Hbond substituents is 1. The topological polar surface area (TPSA) is 110 Å². The summed E-state index contributed by atoms with van der Waals surface area (Å²) < 4.78 is 0. The van der Waals surface area contributed by atoms with Gasteiger partial charge in [0.2, 0.25) is 0 Å². The van der Waals surface area contributed by atoms with Crippen molar-refractivity contribution in [2.75, 3.05) is 6.54 Å². The van der Waals surface area contributed by atoms with Crippen LogP contribution in [-0.2, 0) is 6.42 Å². The Morgan fingerprint density at radius 2 is 1.75 bits per heavy atom. The Morgan fingerprint density at radius 1 is 1.17 bits per heavy atom. The van der Waals surface area contributed by atoms with Crippen molar-refractivity contribution in [2.24, 2.45) is 0 Å². The third-order valence-corrected chi connectivity index (χ3v) is 3.72. The number of hydrogen-bond acceptors (Lipinski definition) is 3. The zero-order valence-electron chi connectivity index (χ0n) is 14.3. The molecule has 0 fully saturated rings. The van der Waals surface area contributed by atoms with Crippen molar-refractivity contribution in [1.29, 1.82) is 0 Å². The highest BCUT2D eigenvalue weighted by molar-refractivity contribution is 5.67. The van der Waals surface area contributed by atoms with Crippen LogP contribution in [0.1, 0.15) is 39.2 Å². The number of nitrogens with one attached hydrogen (secondary N) is 1. The van der Waals surface area contributed by atoms with Crippen molar-refractivity contribution in [3.63, 3.8) is 0 Å². The maximum atomic E-state index is 11.6. The van der Waals surface area contributed by atoms with Crippen molar-refractivity contribution < 1.29 is 24.9 Å².